The maximum absolute atomic E-state index is 11.9. The predicted molar refractivity (Wildman–Crippen MR) is 108 cm³/mol. The van der Waals surface area contributed by atoms with Gasteiger partial charge in [0.05, 0.1) is 0 Å². The van der Waals surface area contributed by atoms with Crippen LogP contribution < -0.4 is 0 Å². The topological polar surface area (TPSA) is 52.6 Å². The van der Waals surface area contributed by atoms with Gasteiger partial charge in [0.15, 0.2) is 0 Å². The molecule has 2 aliphatic rings. The van der Waals surface area contributed by atoms with Crippen molar-refractivity contribution in [2.24, 2.45) is 0 Å². The van der Waals surface area contributed by atoms with E-state index in [1.165, 1.54) is 0 Å². The van der Waals surface area contributed by atoms with E-state index in [2.05, 4.69) is 49.5 Å². The molecule has 0 bridgehead atoms. The van der Waals surface area contributed by atoms with E-state index in [-0.39, 0.29) is 8.45 Å². The van der Waals surface area contributed by atoms with Crippen molar-refractivity contribution in [1.82, 2.24) is 0 Å². The third kappa shape index (κ3) is 2.40. The van der Waals surface area contributed by atoms with Gasteiger partial charge in [0.2, 0.25) is 0 Å². The molecule has 4 rings (SSSR count). The van der Waals surface area contributed by atoms with Crippen LogP contribution in [0.15, 0.2) is 60.7 Å². The Balaban J connectivity index is 2.11. The molecule has 2 atom stereocenters. The van der Waals surface area contributed by atoms with E-state index in [0.29, 0.717) is 12.9 Å². The molecule has 2 aromatic carbocycles. The van der Waals surface area contributed by atoms with Crippen LogP contribution in [-0.4, -0.2) is 19.1 Å². The first-order chi connectivity index (χ1) is 13.6. The number of rotatable bonds is 6. The first-order valence-electron chi connectivity index (χ1n) is 9.32. The van der Waals surface area contributed by atoms with Crippen LogP contribution in [0.1, 0.15) is 30.7 Å². The van der Waals surface area contributed by atoms with Gasteiger partial charge in [0, 0.05) is 0 Å². The van der Waals surface area contributed by atoms with Gasteiger partial charge in [0.25, 0.3) is 0 Å². The summed E-state index contributed by atoms with van der Waals surface area (Å²) in [5.41, 5.74) is 4.33. The molecule has 6 heteroatoms. The van der Waals surface area contributed by atoms with Crippen molar-refractivity contribution in [2.75, 3.05) is 0 Å². The molecule has 142 valence electrons. The zero-order valence-corrected chi connectivity index (χ0v) is 18.4. The summed E-state index contributed by atoms with van der Waals surface area (Å²) in [5, 5.41) is 0. The Morgan fingerprint density at radius 3 is 1.61 bits per heavy atom. The summed E-state index contributed by atoms with van der Waals surface area (Å²) in [6, 6.07) is 16.2. The van der Waals surface area contributed by atoms with Crippen molar-refractivity contribution < 1.29 is 31.0 Å². The Morgan fingerprint density at radius 1 is 0.786 bits per heavy atom. The molecular weight excluding hydrogens is 404 g/mol. The van der Waals surface area contributed by atoms with Crippen LogP contribution in [0, 0.1) is 0 Å². The van der Waals surface area contributed by atoms with Gasteiger partial charge in [-0.05, 0) is 0 Å². The summed E-state index contributed by atoms with van der Waals surface area (Å²) in [4.78, 5) is 23.9. The normalized spacial score (nSPS) is 19.7. The number of hydrogen-bond acceptors (Lipinski definition) is 4. The second kappa shape index (κ2) is 6.99. The van der Waals surface area contributed by atoms with Crippen molar-refractivity contribution in [3.63, 3.8) is 0 Å². The summed E-state index contributed by atoms with van der Waals surface area (Å²) < 4.78 is 12.0. The molecule has 0 aromatic heterocycles. The monoisotopic (exact) mass is 426 g/mol. The molecule has 0 aliphatic heterocycles. The summed E-state index contributed by atoms with van der Waals surface area (Å²) in [6.45, 7) is 5.25. The zero-order chi connectivity index (χ0) is 19.8. The molecule has 0 radical (unpaired) electrons. The second-order valence-corrected chi connectivity index (χ2v) is 24.8. The quantitative estimate of drug-likeness (QED) is 0.499. The van der Waals surface area contributed by atoms with E-state index >= 15 is 0 Å². The van der Waals surface area contributed by atoms with E-state index in [0.717, 1.165) is 22.3 Å². The van der Waals surface area contributed by atoms with Gasteiger partial charge in [-0.1, -0.05) is 0 Å². The van der Waals surface area contributed by atoms with Crippen molar-refractivity contribution in [1.29, 1.82) is 0 Å². The van der Waals surface area contributed by atoms with Gasteiger partial charge in [-0.15, -0.1) is 0 Å². The second-order valence-electron chi connectivity index (χ2n) is 7.57. The Kier molecular flexibility index (Phi) is 4.78. The Bertz CT molecular complexity index is 1010. The number of carbonyl (C=O) groups excluding carboxylic acids is 2. The van der Waals surface area contributed by atoms with Crippen LogP contribution >= 0.6 is 0 Å². The van der Waals surface area contributed by atoms with Crippen LogP contribution in [0.25, 0.3) is 12.2 Å². The van der Waals surface area contributed by atoms with Gasteiger partial charge in [-0.3, -0.25) is 0 Å². The van der Waals surface area contributed by atoms with Crippen LogP contribution in [-0.2, 0) is 31.0 Å². The van der Waals surface area contributed by atoms with E-state index in [9.17, 15) is 9.59 Å². The number of fused-ring (bicyclic) bond motifs is 2. The Hall–Kier alpha value is -2.21. The molecule has 4 nitrogen and oxygen atoms in total. The molecule has 2 aromatic rings. The molecule has 0 spiro atoms. The number of benzene rings is 2. The molecule has 0 fully saturated rings. The standard InChI is InChI=1S/2C9H7.C2H6Si.2CH2O2.Ti/c2*1-2-5-9-7-3-6-8(9)4-1;1-3-2;2*2-1-3;/h2*1-7H;1-2H3;2*1H,(H,2,3);/q;;;;;+2/p-2. The van der Waals surface area contributed by atoms with Gasteiger partial charge in [-0.25, -0.2) is 0 Å². The maximum atomic E-state index is 11.9. The van der Waals surface area contributed by atoms with Gasteiger partial charge in [0.1, 0.15) is 0 Å². The molecule has 28 heavy (non-hydrogen) atoms. The summed E-state index contributed by atoms with van der Waals surface area (Å²) in [5.74, 6) is 0. The fraction of sp³-hybridized carbons (Fsp3) is 0.182. The predicted octanol–water partition coefficient (Wildman–Crippen LogP) is 4.64. The number of allylic oxidation sites excluding steroid dienone is 2. The average molecular weight is 426 g/mol. The zero-order valence-electron chi connectivity index (χ0n) is 15.9. The number of carbonyl (C=O) groups is 2. The molecule has 0 heterocycles. The molecule has 0 saturated heterocycles. The van der Waals surface area contributed by atoms with Gasteiger partial charge in [-0.2, -0.15) is 0 Å². The average Bonchev–Trinajstić information content (AvgIpc) is 3.33. The molecule has 0 saturated carbocycles. The van der Waals surface area contributed by atoms with Crippen LogP contribution in [0.5, 0.6) is 0 Å². The summed E-state index contributed by atoms with van der Waals surface area (Å²) in [7, 11) is 0. The van der Waals surface area contributed by atoms with Crippen molar-refractivity contribution >= 4 is 31.3 Å². The van der Waals surface area contributed by atoms with Crippen LogP contribution in [0.4, 0.5) is 0 Å². The molecular formula is C22H22O4SiTi. The van der Waals surface area contributed by atoms with E-state index in [1.807, 2.05) is 36.4 Å². The first-order valence-corrected chi connectivity index (χ1v) is 17.2. The van der Waals surface area contributed by atoms with Crippen molar-refractivity contribution in [3.05, 3.63) is 82.9 Å². The fourth-order valence-corrected chi connectivity index (χ4v) is 23.6. The molecule has 2 aliphatic carbocycles. The SMILES string of the molecule is C[Si](C)=[Ti]([O]C=O)([O]C=O)([CH]1C=Cc2ccccc21)[CH]1C=Cc2ccccc21. The molecule has 2 unspecified atom stereocenters. The van der Waals surface area contributed by atoms with E-state index in [4.69, 9.17) is 6.64 Å². The summed E-state index contributed by atoms with van der Waals surface area (Å²) >= 11 is -4.82. The van der Waals surface area contributed by atoms with Gasteiger partial charge >= 0.3 is 167 Å². The van der Waals surface area contributed by atoms with E-state index in [1.54, 1.807) is 0 Å². The summed E-state index contributed by atoms with van der Waals surface area (Å²) in [6.07, 6.45) is 6.90. The van der Waals surface area contributed by atoms with Crippen molar-refractivity contribution in [3.8, 4) is 0 Å². The molecule has 0 amide bonds. The van der Waals surface area contributed by atoms with E-state index < -0.39 is 21.0 Å². The van der Waals surface area contributed by atoms with Crippen molar-refractivity contribution in [2.45, 2.75) is 21.5 Å². The van der Waals surface area contributed by atoms with Crippen LogP contribution in [0.2, 0.25) is 13.1 Å². The third-order valence-electron chi connectivity index (χ3n) is 6.34. The molecule has 0 N–H and O–H groups in total. The fourth-order valence-electron chi connectivity index (χ4n) is 5.02. The minimum absolute atomic E-state index is 0.215. The first kappa shape index (κ1) is 19.1. The Labute approximate surface area is 166 Å². The van der Waals surface area contributed by atoms with Gasteiger partial charge < -0.3 is 0 Å². The Morgan fingerprint density at radius 2 is 1.21 bits per heavy atom. The minimum atomic E-state index is -4.82. The number of hydrogen-bond donors (Lipinski definition) is 0. The van der Waals surface area contributed by atoms with Crippen LogP contribution in [0.3, 0.4) is 0 Å². The third-order valence-corrected chi connectivity index (χ3v) is 28.2.